The summed E-state index contributed by atoms with van der Waals surface area (Å²) in [5, 5.41) is 3.13. The van der Waals surface area contributed by atoms with E-state index in [4.69, 9.17) is 4.98 Å². The van der Waals surface area contributed by atoms with Gasteiger partial charge in [-0.15, -0.1) is 0 Å². The van der Waals surface area contributed by atoms with Crippen molar-refractivity contribution in [2.45, 2.75) is 53.0 Å². The number of nitrogens with zero attached hydrogens (tertiary/aromatic N) is 4. The second-order valence-electron chi connectivity index (χ2n) is 8.12. The predicted molar refractivity (Wildman–Crippen MR) is 117 cm³/mol. The Balaban J connectivity index is 1.56. The zero-order valence-corrected chi connectivity index (χ0v) is 18.3. The van der Waals surface area contributed by atoms with Gasteiger partial charge in [-0.2, -0.15) is 0 Å². The molecule has 3 rings (SSSR count). The maximum atomic E-state index is 12.7. The second kappa shape index (κ2) is 9.25. The highest BCUT2D eigenvalue weighted by Gasteiger charge is 2.23. The maximum Gasteiger partial charge on any atom is 0.317 e. The van der Waals surface area contributed by atoms with Crippen molar-refractivity contribution in [3.8, 4) is 0 Å². The summed E-state index contributed by atoms with van der Waals surface area (Å²) in [5.74, 6) is 2.14. The summed E-state index contributed by atoms with van der Waals surface area (Å²) in [6.07, 6.45) is 1.02. The molecule has 29 heavy (non-hydrogen) atoms. The van der Waals surface area contributed by atoms with Crippen molar-refractivity contribution in [3.63, 3.8) is 0 Å². The lowest BCUT2D eigenvalue weighted by Crippen LogP contribution is -2.52. The summed E-state index contributed by atoms with van der Waals surface area (Å²) >= 11 is 0. The average molecular weight is 396 g/mol. The third kappa shape index (κ3) is 5.25. The third-order valence-corrected chi connectivity index (χ3v) is 5.49. The Morgan fingerprint density at radius 1 is 1.07 bits per heavy atom. The van der Waals surface area contributed by atoms with Gasteiger partial charge in [0, 0.05) is 43.9 Å². The Kier molecular flexibility index (Phi) is 6.72. The van der Waals surface area contributed by atoms with Gasteiger partial charge in [0.05, 0.1) is 6.04 Å². The zero-order chi connectivity index (χ0) is 21.0. The minimum absolute atomic E-state index is 0.00143. The molecule has 0 bridgehead atoms. The number of aryl methyl sites for hydroxylation is 2. The van der Waals surface area contributed by atoms with Crippen LogP contribution in [0.2, 0.25) is 0 Å². The van der Waals surface area contributed by atoms with E-state index in [0.29, 0.717) is 19.0 Å². The number of carbonyl (C=O) groups is 1. The quantitative estimate of drug-likeness (QED) is 0.829. The minimum Gasteiger partial charge on any atom is -0.353 e. The van der Waals surface area contributed by atoms with Crippen molar-refractivity contribution in [1.82, 2.24) is 20.2 Å². The maximum absolute atomic E-state index is 12.7. The first-order valence-corrected chi connectivity index (χ1v) is 10.6. The molecule has 6 heteroatoms. The van der Waals surface area contributed by atoms with Crippen LogP contribution in [0.15, 0.2) is 30.3 Å². The van der Waals surface area contributed by atoms with E-state index in [1.807, 2.05) is 24.8 Å². The molecule has 0 radical (unpaired) electrons. The number of rotatable bonds is 5. The molecule has 1 unspecified atom stereocenters. The fourth-order valence-corrected chi connectivity index (χ4v) is 3.54. The third-order valence-electron chi connectivity index (χ3n) is 5.49. The lowest BCUT2D eigenvalue weighted by molar-refractivity contribution is 0.191. The molecule has 0 aliphatic carbocycles. The van der Waals surface area contributed by atoms with Crippen LogP contribution >= 0.6 is 0 Å². The summed E-state index contributed by atoms with van der Waals surface area (Å²) < 4.78 is 0. The molecular weight excluding hydrogens is 362 g/mol. The van der Waals surface area contributed by atoms with E-state index < -0.39 is 0 Å². The van der Waals surface area contributed by atoms with E-state index in [2.05, 4.69) is 60.2 Å². The van der Waals surface area contributed by atoms with Gasteiger partial charge in [-0.05, 0) is 31.4 Å². The van der Waals surface area contributed by atoms with Crippen molar-refractivity contribution in [2.24, 2.45) is 0 Å². The molecule has 156 valence electrons. The summed E-state index contributed by atoms with van der Waals surface area (Å²) in [4.78, 5) is 26.1. The molecule has 1 atom stereocenters. The lowest BCUT2D eigenvalue weighted by Gasteiger charge is -2.36. The number of aromatic nitrogens is 2. The number of amides is 2. The lowest BCUT2D eigenvalue weighted by atomic mass is 10.1. The standard InChI is InChI=1S/C23H33N5O/c1-6-19-7-9-20(10-8-19)18(5)25-23(29)28-13-11-27(12-14-28)21-15-17(4)24-22(26-21)16(2)3/h7-10,15-16,18H,6,11-14H2,1-5H3,(H,25,29). The van der Waals surface area contributed by atoms with Gasteiger partial charge in [0.1, 0.15) is 11.6 Å². The summed E-state index contributed by atoms with van der Waals surface area (Å²) in [6.45, 7) is 13.3. The first kappa shape index (κ1) is 21.1. The smallest absolute Gasteiger partial charge is 0.317 e. The van der Waals surface area contributed by atoms with Crippen molar-refractivity contribution in [1.29, 1.82) is 0 Å². The number of nitrogens with one attached hydrogen (secondary N) is 1. The molecule has 2 heterocycles. The van der Waals surface area contributed by atoms with E-state index in [1.54, 1.807) is 0 Å². The van der Waals surface area contributed by atoms with Gasteiger partial charge in [-0.3, -0.25) is 0 Å². The van der Waals surface area contributed by atoms with Gasteiger partial charge < -0.3 is 15.1 Å². The molecule has 2 aromatic rings. The number of benzene rings is 1. The Morgan fingerprint density at radius 3 is 2.31 bits per heavy atom. The summed E-state index contributed by atoms with van der Waals surface area (Å²) in [7, 11) is 0. The molecule has 1 aromatic heterocycles. The van der Waals surface area contributed by atoms with Crippen LogP contribution in [0, 0.1) is 6.92 Å². The van der Waals surface area contributed by atoms with Crippen LogP contribution in [0.1, 0.15) is 62.3 Å². The van der Waals surface area contributed by atoms with Crippen molar-refractivity contribution < 1.29 is 4.79 Å². The number of piperazine rings is 1. The van der Waals surface area contributed by atoms with Crippen LogP contribution in [0.5, 0.6) is 0 Å². The number of urea groups is 1. The first-order chi connectivity index (χ1) is 13.9. The van der Waals surface area contributed by atoms with Gasteiger partial charge >= 0.3 is 6.03 Å². The van der Waals surface area contributed by atoms with Gasteiger partial charge in [0.25, 0.3) is 0 Å². The SMILES string of the molecule is CCc1ccc(C(C)NC(=O)N2CCN(c3cc(C)nc(C(C)C)n3)CC2)cc1. The molecule has 1 aliphatic heterocycles. The second-order valence-corrected chi connectivity index (χ2v) is 8.12. The summed E-state index contributed by atoms with van der Waals surface area (Å²) in [6, 6.07) is 10.5. The molecule has 6 nitrogen and oxygen atoms in total. The zero-order valence-electron chi connectivity index (χ0n) is 18.3. The van der Waals surface area contributed by atoms with E-state index in [1.165, 1.54) is 5.56 Å². The number of carbonyl (C=O) groups excluding carboxylic acids is 1. The van der Waals surface area contributed by atoms with Crippen LogP contribution in [-0.2, 0) is 6.42 Å². The van der Waals surface area contributed by atoms with Crippen LogP contribution in [0.4, 0.5) is 10.6 Å². The Labute approximate surface area is 174 Å². The highest BCUT2D eigenvalue weighted by Crippen LogP contribution is 2.19. The molecular formula is C23H33N5O. The van der Waals surface area contributed by atoms with Crippen molar-refractivity contribution in [2.75, 3.05) is 31.1 Å². The summed E-state index contributed by atoms with van der Waals surface area (Å²) in [5.41, 5.74) is 3.43. The topological polar surface area (TPSA) is 61.4 Å². The van der Waals surface area contributed by atoms with E-state index >= 15 is 0 Å². The van der Waals surface area contributed by atoms with Gasteiger partial charge in [0.2, 0.25) is 0 Å². The molecule has 0 spiro atoms. The fraction of sp³-hybridized carbons (Fsp3) is 0.522. The van der Waals surface area contributed by atoms with Gasteiger partial charge in [-0.25, -0.2) is 14.8 Å². The number of hydrogen-bond acceptors (Lipinski definition) is 4. The minimum atomic E-state index is -0.00968. The van der Waals surface area contributed by atoms with Gasteiger partial charge in [-0.1, -0.05) is 45.0 Å². The van der Waals surface area contributed by atoms with E-state index in [0.717, 1.165) is 42.4 Å². The molecule has 1 aromatic carbocycles. The normalized spacial score (nSPS) is 15.5. The molecule has 2 amide bonds. The average Bonchev–Trinajstić information content (AvgIpc) is 2.73. The van der Waals surface area contributed by atoms with Crippen LogP contribution in [0.3, 0.4) is 0 Å². The Morgan fingerprint density at radius 2 is 1.72 bits per heavy atom. The molecule has 0 saturated carbocycles. The first-order valence-electron chi connectivity index (χ1n) is 10.6. The largest absolute Gasteiger partial charge is 0.353 e. The van der Waals surface area contributed by atoms with E-state index in [9.17, 15) is 4.79 Å². The van der Waals surface area contributed by atoms with Crippen molar-refractivity contribution >= 4 is 11.8 Å². The fourth-order valence-electron chi connectivity index (χ4n) is 3.54. The molecule has 1 saturated heterocycles. The molecule has 1 N–H and O–H groups in total. The number of hydrogen-bond donors (Lipinski definition) is 1. The molecule has 1 aliphatic rings. The molecule has 1 fully saturated rings. The Bertz CT molecular complexity index is 826. The van der Waals surface area contributed by atoms with Crippen LogP contribution < -0.4 is 10.2 Å². The Hall–Kier alpha value is -2.63. The highest BCUT2D eigenvalue weighted by atomic mass is 16.2. The highest BCUT2D eigenvalue weighted by molar-refractivity contribution is 5.75. The van der Waals surface area contributed by atoms with Gasteiger partial charge in [0.15, 0.2) is 0 Å². The van der Waals surface area contributed by atoms with Crippen molar-refractivity contribution in [3.05, 3.63) is 53.0 Å². The van der Waals surface area contributed by atoms with Crippen LogP contribution in [-0.4, -0.2) is 47.1 Å². The van der Waals surface area contributed by atoms with E-state index in [-0.39, 0.29) is 12.1 Å². The monoisotopic (exact) mass is 395 g/mol. The predicted octanol–water partition coefficient (Wildman–Crippen LogP) is 4.06. The van der Waals surface area contributed by atoms with Crippen LogP contribution in [0.25, 0.3) is 0 Å². The number of anilines is 1.